The average molecular weight is 232 g/mol. The van der Waals surface area contributed by atoms with Crippen LogP contribution in [-0.2, 0) is 4.74 Å². The van der Waals surface area contributed by atoms with E-state index >= 15 is 0 Å². The largest absolute Gasteiger partial charge is 0.396 e. The van der Waals surface area contributed by atoms with Crippen LogP contribution in [0.1, 0.15) is 25.7 Å². The predicted molar refractivity (Wildman–Crippen MR) is 61.1 cm³/mol. The fourth-order valence-corrected chi connectivity index (χ4v) is 4.01. The van der Waals surface area contributed by atoms with Gasteiger partial charge >= 0.3 is 0 Å². The highest BCUT2D eigenvalue weighted by Crippen LogP contribution is 2.46. The number of ether oxygens (including phenoxy) is 1. The lowest BCUT2D eigenvalue weighted by atomic mass is 9.66. The zero-order chi connectivity index (χ0) is 10.8. The molecule has 4 heteroatoms. The van der Waals surface area contributed by atoms with Crippen molar-refractivity contribution in [3.63, 3.8) is 0 Å². The monoisotopic (exact) mass is 232 g/mol. The first-order valence-electron chi connectivity index (χ1n) is 5.71. The van der Waals surface area contributed by atoms with Crippen LogP contribution in [0.2, 0.25) is 0 Å². The van der Waals surface area contributed by atoms with Gasteiger partial charge in [0, 0.05) is 24.4 Å². The first-order valence-corrected chi connectivity index (χ1v) is 6.87. The highest BCUT2D eigenvalue weighted by molar-refractivity contribution is 7.99. The average Bonchev–Trinajstić information content (AvgIpc) is 2.31. The standard InChI is InChI=1S/C11H20O3S/c12-8-10(3-5-14-6-4-10)11(13)2-1-7-15-9-11/h12-13H,1-9H2. The number of aliphatic hydroxyl groups excluding tert-OH is 1. The normalized spacial score (nSPS) is 36.4. The van der Waals surface area contributed by atoms with Gasteiger partial charge in [0.15, 0.2) is 0 Å². The fraction of sp³-hybridized carbons (Fsp3) is 1.00. The zero-order valence-electron chi connectivity index (χ0n) is 9.07. The summed E-state index contributed by atoms with van der Waals surface area (Å²) in [7, 11) is 0. The van der Waals surface area contributed by atoms with Gasteiger partial charge in [-0.25, -0.2) is 0 Å². The molecule has 1 atom stereocenters. The molecule has 2 saturated heterocycles. The molecule has 0 spiro atoms. The maximum atomic E-state index is 10.7. The maximum absolute atomic E-state index is 10.7. The molecule has 88 valence electrons. The molecule has 2 heterocycles. The van der Waals surface area contributed by atoms with Gasteiger partial charge in [0.2, 0.25) is 0 Å². The molecule has 0 saturated carbocycles. The minimum atomic E-state index is -0.672. The van der Waals surface area contributed by atoms with E-state index in [4.69, 9.17) is 4.74 Å². The highest BCUT2D eigenvalue weighted by Gasteiger charge is 2.50. The van der Waals surface area contributed by atoms with Crippen LogP contribution in [0.4, 0.5) is 0 Å². The topological polar surface area (TPSA) is 49.7 Å². The predicted octanol–water partition coefficient (Wildman–Crippen LogP) is 1.03. The van der Waals surface area contributed by atoms with Gasteiger partial charge in [-0.1, -0.05) is 0 Å². The quantitative estimate of drug-likeness (QED) is 0.747. The van der Waals surface area contributed by atoms with Crippen molar-refractivity contribution in [1.82, 2.24) is 0 Å². The smallest absolute Gasteiger partial charge is 0.0817 e. The third kappa shape index (κ3) is 2.05. The van der Waals surface area contributed by atoms with Gasteiger partial charge in [-0.15, -0.1) is 0 Å². The van der Waals surface area contributed by atoms with Crippen molar-refractivity contribution in [2.75, 3.05) is 31.3 Å². The highest BCUT2D eigenvalue weighted by atomic mass is 32.2. The van der Waals surface area contributed by atoms with E-state index in [-0.39, 0.29) is 12.0 Å². The van der Waals surface area contributed by atoms with Crippen LogP contribution in [0.5, 0.6) is 0 Å². The van der Waals surface area contributed by atoms with E-state index in [0.717, 1.165) is 37.2 Å². The molecule has 0 bridgehead atoms. The summed E-state index contributed by atoms with van der Waals surface area (Å²) in [5.74, 6) is 1.91. The van der Waals surface area contributed by atoms with E-state index in [9.17, 15) is 10.2 Å². The Labute approximate surface area is 95.2 Å². The van der Waals surface area contributed by atoms with Crippen molar-refractivity contribution in [2.45, 2.75) is 31.3 Å². The SMILES string of the molecule is OCC1(C2(O)CCCSC2)CCOCC1. The molecule has 0 aromatic rings. The molecule has 15 heavy (non-hydrogen) atoms. The van der Waals surface area contributed by atoms with E-state index in [0.29, 0.717) is 13.2 Å². The van der Waals surface area contributed by atoms with Crippen LogP contribution >= 0.6 is 11.8 Å². The molecular weight excluding hydrogens is 212 g/mol. The van der Waals surface area contributed by atoms with Crippen LogP contribution in [0, 0.1) is 5.41 Å². The Morgan fingerprint density at radius 3 is 2.47 bits per heavy atom. The second-order valence-corrected chi connectivity index (χ2v) is 5.84. The molecule has 0 aromatic carbocycles. The van der Waals surface area contributed by atoms with Gasteiger partial charge in [-0.05, 0) is 31.4 Å². The molecule has 0 amide bonds. The van der Waals surface area contributed by atoms with Gasteiger partial charge in [-0.2, -0.15) is 11.8 Å². The summed E-state index contributed by atoms with van der Waals surface area (Å²) in [6.07, 6.45) is 3.48. The van der Waals surface area contributed by atoms with Crippen molar-refractivity contribution in [1.29, 1.82) is 0 Å². The van der Waals surface area contributed by atoms with Gasteiger partial charge < -0.3 is 14.9 Å². The van der Waals surface area contributed by atoms with E-state index in [1.807, 2.05) is 11.8 Å². The van der Waals surface area contributed by atoms with Gasteiger partial charge in [-0.3, -0.25) is 0 Å². The summed E-state index contributed by atoms with van der Waals surface area (Å²) in [4.78, 5) is 0. The van der Waals surface area contributed by atoms with Crippen LogP contribution < -0.4 is 0 Å². The first-order chi connectivity index (χ1) is 7.22. The van der Waals surface area contributed by atoms with E-state index in [1.165, 1.54) is 0 Å². The molecule has 0 aliphatic carbocycles. The van der Waals surface area contributed by atoms with E-state index in [1.54, 1.807) is 0 Å². The number of hydrogen-bond acceptors (Lipinski definition) is 4. The Morgan fingerprint density at radius 1 is 1.20 bits per heavy atom. The number of rotatable bonds is 2. The van der Waals surface area contributed by atoms with Crippen LogP contribution in [0.3, 0.4) is 0 Å². The summed E-state index contributed by atoms with van der Waals surface area (Å²) >= 11 is 1.81. The summed E-state index contributed by atoms with van der Waals surface area (Å²) in [5, 5.41) is 20.3. The number of aliphatic hydroxyl groups is 2. The van der Waals surface area contributed by atoms with Crippen molar-refractivity contribution in [3.8, 4) is 0 Å². The number of thioether (sulfide) groups is 1. The first kappa shape index (κ1) is 11.7. The Bertz CT molecular complexity index is 208. The summed E-state index contributed by atoms with van der Waals surface area (Å²) in [5.41, 5.74) is -0.979. The number of hydrogen-bond donors (Lipinski definition) is 2. The van der Waals surface area contributed by atoms with Crippen molar-refractivity contribution < 1.29 is 14.9 Å². The minimum Gasteiger partial charge on any atom is -0.396 e. The lowest BCUT2D eigenvalue weighted by molar-refractivity contribution is -0.146. The van der Waals surface area contributed by atoms with Crippen LogP contribution in [-0.4, -0.2) is 47.1 Å². The molecule has 2 aliphatic heterocycles. The van der Waals surface area contributed by atoms with E-state index < -0.39 is 5.60 Å². The molecule has 0 radical (unpaired) electrons. The van der Waals surface area contributed by atoms with Crippen molar-refractivity contribution in [3.05, 3.63) is 0 Å². The minimum absolute atomic E-state index is 0.0907. The van der Waals surface area contributed by atoms with Crippen LogP contribution in [0.25, 0.3) is 0 Å². The Kier molecular flexibility index (Phi) is 3.60. The molecule has 2 aliphatic rings. The van der Waals surface area contributed by atoms with Gasteiger partial charge in [0.25, 0.3) is 0 Å². The molecule has 2 fully saturated rings. The molecule has 3 nitrogen and oxygen atoms in total. The van der Waals surface area contributed by atoms with Crippen molar-refractivity contribution >= 4 is 11.8 Å². The van der Waals surface area contributed by atoms with Crippen molar-refractivity contribution in [2.24, 2.45) is 5.41 Å². The van der Waals surface area contributed by atoms with Crippen LogP contribution in [0.15, 0.2) is 0 Å². The maximum Gasteiger partial charge on any atom is 0.0817 e. The summed E-state index contributed by atoms with van der Waals surface area (Å²) in [6.45, 7) is 1.44. The third-order valence-corrected chi connectivity index (χ3v) is 5.22. The lowest BCUT2D eigenvalue weighted by Gasteiger charge is -2.50. The Balaban J connectivity index is 2.15. The molecule has 2 N–H and O–H groups in total. The zero-order valence-corrected chi connectivity index (χ0v) is 9.89. The Hall–Kier alpha value is 0.230. The molecule has 0 aromatic heterocycles. The fourth-order valence-electron chi connectivity index (χ4n) is 2.73. The lowest BCUT2D eigenvalue weighted by Crippen LogP contribution is -2.56. The Morgan fingerprint density at radius 2 is 1.93 bits per heavy atom. The summed E-state index contributed by atoms with van der Waals surface area (Å²) in [6, 6.07) is 0. The van der Waals surface area contributed by atoms with E-state index in [2.05, 4.69) is 0 Å². The van der Waals surface area contributed by atoms with Gasteiger partial charge in [0.05, 0.1) is 12.2 Å². The molecule has 2 rings (SSSR count). The molecular formula is C11H20O3S. The summed E-state index contributed by atoms with van der Waals surface area (Å²) < 4.78 is 5.33. The van der Waals surface area contributed by atoms with Gasteiger partial charge in [0.1, 0.15) is 0 Å². The molecule has 1 unspecified atom stereocenters. The second-order valence-electron chi connectivity index (χ2n) is 4.74. The second kappa shape index (κ2) is 4.62. The third-order valence-electron chi connectivity index (χ3n) is 3.96.